The van der Waals surface area contributed by atoms with Crippen LogP contribution in [0.2, 0.25) is 0 Å². The summed E-state index contributed by atoms with van der Waals surface area (Å²) >= 11 is 0. The summed E-state index contributed by atoms with van der Waals surface area (Å²) in [5.41, 5.74) is 1.72. The van der Waals surface area contributed by atoms with Crippen LogP contribution in [-0.4, -0.2) is 17.5 Å². The molecule has 0 fully saturated rings. The van der Waals surface area contributed by atoms with E-state index in [2.05, 4.69) is 0 Å². The molecule has 0 aliphatic rings. The predicted molar refractivity (Wildman–Crippen MR) is 64.4 cm³/mol. The molecule has 2 rings (SSSR count). The number of carboxylic acids is 1. The molecule has 5 nitrogen and oxygen atoms in total. The van der Waals surface area contributed by atoms with Crippen molar-refractivity contribution in [1.82, 2.24) is 0 Å². The van der Waals surface area contributed by atoms with Gasteiger partial charge < -0.3 is 14.4 Å². The summed E-state index contributed by atoms with van der Waals surface area (Å²) in [7, 11) is 0. The Kier molecular flexibility index (Phi) is 3.43. The van der Waals surface area contributed by atoms with Crippen molar-refractivity contribution in [3.63, 3.8) is 0 Å². The van der Waals surface area contributed by atoms with E-state index in [1.807, 2.05) is 0 Å². The van der Waals surface area contributed by atoms with E-state index in [0.29, 0.717) is 18.6 Å². The van der Waals surface area contributed by atoms with E-state index in [1.165, 1.54) is 29.6 Å². The molecule has 0 saturated carbocycles. The number of benzene rings is 1. The van der Waals surface area contributed by atoms with Crippen LogP contribution < -0.4 is 4.90 Å². The fourth-order valence-corrected chi connectivity index (χ4v) is 1.56. The van der Waals surface area contributed by atoms with Crippen molar-refractivity contribution in [3.8, 4) is 0 Å². The third-order valence-corrected chi connectivity index (χ3v) is 2.52. The van der Waals surface area contributed by atoms with Crippen molar-refractivity contribution in [2.24, 2.45) is 0 Å². The number of furan rings is 1. The topological polar surface area (TPSA) is 70.8 Å². The molecule has 1 aromatic carbocycles. The van der Waals surface area contributed by atoms with Crippen LogP contribution in [-0.2, 0) is 11.3 Å². The predicted octanol–water partition coefficient (Wildman–Crippen LogP) is 2.14. The number of anilines is 1. The Balaban J connectivity index is 2.13. The van der Waals surface area contributed by atoms with Crippen LogP contribution in [0.25, 0.3) is 0 Å². The van der Waals surface area contributed by atoms with Crippen molar-refractivity contribution in [2.75, 3.05) is 4.90 Å². The van der Waals surface area contributed by atoms with Crippen molar-refractivity contribution in [1.29, 1.82) is 0 Å². The Bertz CT molecular complexity index is 531. The van der Waals surface area contributed by atoms with Gasteiger partial charge in [-0.2, -0.15) is 0 Å². The van der Waals surface area contributed by atoms with Gasteiger partial charge in [-0.25, -0.2) is 4.79 Å². The lowest BCUT2D eigenvalue weighted by Crippen LogP contribution is -2.19. The van der Waals surface area contributed by atoms with E-state index in [1.54, 1.807) is 18.2 Å². The minimum atomic E-state index is -0.969. The van der Waals surface area contributed by atoms with Gasteiger partial charge in [0.05, 0.1) is 24.1 Å². The first-order valence-electron chi connectivity index (χ1n) is 5.27. The molecule has 1 aromatic heterocycles. The van der Waals surface area contributed by atoms with Gasteiger partial charge in [-0.15, -0.1) is 0 Å². The molecule has 0 radical (unpaired) electrons. The second-order valence-electron chi connectivity index (χ2n) is 3.72. The number of carboxylic acid groups (broad SMARTS) is 1. The first-order valence-corrected chi connectivity index (χ1v) is 5.27. The summed E-state index contributed by atoms with van der Waals surface area (Å²) in [6.07, 6.45) is 3.66. The molecule has 0 bridgehead atoms. The van der Waals surface area contributed by atoms with E-state index in [9.17, 15) is 9.59 Å². The van der Waals surface area contributed by atoms with Gasteiger partial charge in [-0.3, -0.25) is 4.79 Å². The number of hydrogen-bond acceptors (Lipinski definition) is 3. The zero-order valence-electron chi connectivity index (χ0n) is 9.45. The van der Waals surface area contributed by atoms with Gasteiger partial charge in [0.1, 0.15) is 6.26 Å². The molecular weight excluding hydrogens is 234 g/mol. The molecule has 0 aliphatic heterocycles. The number of carbonyl (C=O) groups excluding carboxylic acids is 1. The third kappa shape index (κ3) is 2.57. The first kappa shape index (κ1) is 11.9. The molecule has 0 unspecified atom stereocenters. The molecule has 0 aliphatic carbocycles. The fraction of sp³-hybridized carbons (Fsp3) is 0.0769. The van der Waals surface area contributed by atoms with Crippen LogP contribution in [0.1, 0.15) is 15.9 Å². The summed E-state index contributed by atoms with van der Waals surface area (Å²) in [6.45, 7) is 0.364. The highest BCUT2D eigenvalue weighted by Crippen LogP contribution is 2.16. The third-order valence-electron chi connectivity index (χ3n) is 2.52. The monoisotopic (exact) mass is 245 g/mol. The van der Waals surface area contributed by atoms with Gasteiger partial charge in [0.25, 0.3) is 0 Å². The van der Waals surface area contributed by atoms with Crippen LogP contribution in [0.15, 0.2) is 47.3 Å². The summed E-state index contributed by atoms with van der Waals surface area (Å²) < 4.78 is 4.91. The second kappa shape index (κ2) is 5.18. The smallest absolute Gasteiger partial charge is 0.335 e. The summed E-state index contributed by atoms with van der Waals surface area (Å²) in [6, 6.07) is 8.06. The SMILES string of the molecule is O=CN(Cc1ccc(C(=O)O)cc1)c1ccoc1. The maximum absolute atomic E-state index is 11.0. The maximum Gasteiger partial charge on any atom is 0.335 e. The van der Waals surface area contributed by atoms with E-state index in [0.717, 1.165) is 5.56 Å². The molecule has 18 heavy (non-hydrogen) atoms. The van der Waals surface area contributed by atoms with Crippen LogP contribution in [0.3, 0.4) is 0 Å². The van der Waals surface area contributed by atoms with Crippen LogP contribution in [0.4, 0.5) is 5.69 Å². The molecule has 0 saturated heterocycles. The molecule has 1 heterocycles. The molecule has 2 aromatic rings. The normalized spacial score (nSPS) is 10.0. The lowest BCUT2D eigenvalue weighted by molar-refractivity contribution is -0.107. The van der Waals surface area contributed by atoms with Crippen molar-refractivity contribution in [3.05, 3.63) is 54.0 Å². The van der Waals surface area contributed by atoms with Crippen molar-refractivity contribution in [2.45, 2.75) is 6.54 Å². The Labute approximate surface area is 103 Å². The minimum absolute atomic E-state index is 0.222. The van der Waals surface area contributed by atoms with Crippen LogP contribution >= 0.6 is 0 Å². The molecule has 92 valence electrons. The summed E-state index contributed by atoms with van der Waals surface area (Å²) in [5.74, 6) is -0.969. The number of hydrogen-bond donors (Lipinski definition) is 1. The second-order valence-corrected chi connectivity index (χ2v) is 3.72. The molecule has 5 heteroatoms. The van der Waals surface area contributed by atoms with Gasteiger partial charge in [-0.05, 0) is 17.7 Å². The first-order chi connectivity index (χ1) is 8.70. The molecular formula is C13H11NO4. The average molecular weight is 245 g/mol. The summed E-state index contributed by atoms with van der Waals surface area (Å²) in [4.78, 5) is 23.1. The van der Waals surface area contributed by atoms with Gasteiger partial charge >= 0.3 is 5.97 Å². The number of nitrogens with zero attached hydrogens (tertiary/aromatic N) is 1. The highest BCUT2D eigenvalue weighted by atomic mass is 16.4. The molecule has 1 N–H and O–H groups in total. The highest BCUT2D eigenvalue weighted by Gasteiger charge is 2.08. The average Bonchev–Trinajstić information content (AvgIpc) is 2.90. The Morgan fingerprint density at radius 2 is 2.00 bits per heavy atom. The molecule has 0 atom stereocenters. The van der Waals surface area contributed by atoms with Crippen LogP contribution in [0, 0.1) is 0 Å². The standard InChI is InChI=1S/C13H11NO4/c15-9-14(12-5-6-18-8-12)7-10-1-3-11(4-2-10)13(16)17/h1-6,8-9H,7H2,(H,16,17). The van der Waals surface area contributed by atoms with Gasteiger partial charge in [-0.1, -0.05) is 12.1 Å². The molecule has 1 amide bonds. The Hall–Kier alpha value is -2.56. The highest BCUT2D eigenvalue weighted by molar-refractivity contribution is 5.87. The zero-order valence-corrected chi connectivity index (χ0v) is 9.45. The number of carbonyl (C=O) groups is 2. The van der Waals surface area contributed by atoms with E-state index in [4.69, 9.17) is 9.52 Å². The van der Waals surface area contributed by atoms with Gasteiger partial charge in [0, 0.05) is 6.07 Å². The number of rotatable bonds is 5. The van der Waals surface area contributed by atoms with Gasteiger partial charge in [0.2, 0.25) is 6.41 Å². The van der Waals surface area contributed by atoms with Crippen molar-refractivity contribution >= 4 is 18.1 Å². The Morgan fingerprint density at radius 3 is 2.50 bits per heavy atom. The Morgan fingerprint density at radius 1 is 1.28 bits per heavy atom. The largest absolute Gasteiger partial charge is 0.478 e. The van der Waals surface area contributed by atoms with E-state index in [-0.39, 0.29) is 5.56 Å². The quantitative estimate of drug-likeness (QED) is 0.819. The molecule has 0 spiro atoms. The minimum Gasteiger partial charge on any atom is -0.478 e. The lowest BCUT2D eigenvalue weighted by Gasteiger charge is -2.14. The van der Waals surface area contributed by atoms with Crippen molar-refractivity contribution < 1.29 is 19.1 Å². The number of amides is 1. The van der Waals surface area contributed by atoms with Crippen LogP contribution in [0.5, 0.6) is 0 Å². The van der Waals surface area contributed by atoms with E-state index < -0.39 is 5.97 Å². The lowest BCUT2D eigenvalue weighted by atomic mass is 10.1. The van der Waals surface area contributed by atoms with E-state index >= 15 is 0 Å². The number of aromatic carboxylic acids is 1. The van der Waals surface area contributed by atoms with Gasteiger partial charge in [0.15, 0.2) is 0 Å². The zero-order chi connectivity index (χ0) is 13.0. The summed E-state index contributed by atoms with van der Waals surface area (Å²) in [5, 5.41) is 8.78. The fourth-order valence-electron chi connectivity index (χ4n) is 1.56. The maximum atomic E-state index is 11.0.